The van der Waals surface area contributed by atoms with Crippen LogP contribution in [0.15, 0.2) is 0 Å². The smallest absolute Gasteiger partial charge is 0.0594 e. The second kappa shape index (κ2) is 7.34. The van der Waals surface area contributed by atoms with Crippen LogP contribution < -0.4 is 10.6 Å². The van der Waals surface area contributed by atoms with Crippen LogP contribution in [-0.2, 0) is 4.74 Å². The van der Waals surface area contributed by atoms with E-state index >= 15 is 0 Å². The Balaban J connectivity index is 2.06. The van der Waals surface area contributed by atoms with Crippen LogP contribution in [0.1, 0.15) is 41.0 Å². The van der Waals surface area contributed by atoms with Crippen molar-refractivity contribution in [1.29, 1.82) is 0 Å². The Bertz CT molecular complexity index is 208. The predicted octanol–water partition coefficient (Wildman–Crippen LogP) is 2.02. The Hall–Kier alpha value is -0.120. The maximum atomic E-state index is 5.84. The predicted molar refractivity (Wildman–Crippen MR) is 73.3 cm³/mol. The summed E-state index contributed by atoms with van der Waals surface area (Å²) in [5.41, 5.74) is 0. The lowest BCUT2D eigenvalue weighted by atomic mass is 9.89. The maximum Gasteiger partial charge on any atom is 0.0594 e. The van der Waals surface area contributed by atoms with Crippen molar-refractivity contribution in [3.05, 3.63) is 0 Å². The maximum absolute atomic E-state index is 5.84. The van der Waals surface area contributed by atoms with Gasteiger partial charge in [-0.3, -0.25) is 0 Å². The van der Waals surface area contributed by atoms with Gasteiger partial charge in [-0.15, -0.1) is 0 Å². The molecular weight excluding hydrogens is 212 g/mol. The molecule has 0 aromatic rings. The van der Waals surface area contributed by atoms with Crippen molar-refractivity contribution in [1.82, 2.24) is 10.6 Å². The molecular formula is C14H30N2O. The van der Waals surface area contributed by atoms with Gasteiger partial charge >= 0.3 is 0 Å². The van der Waals surface area contributed by atoms with Gasteiger partial charge < -0.3 is 15.4 Å². The molecule has 0 spiro atoms. The van der Waals surface area contributed by atoms with Gasteiger partial charge in [-0.1, -0.05) is 20.8 Å². The first-order valence-corrected chi connectivity index (χ1v) is 7.12. The van der Waals surface area contributed by atoms with E-state index in [2.05, 4.69) is 45.3 Å². The van der Waals surface area contributed by atoms with Gasteiger partial charge in [0, 0.05) is 18.5 Å². The zero-order valence-corrected chi connectivity index (χ0v) is 12.1. The summed E-state index contributed by atoms with van der Waals surface area (Å²) in [5.74, 6) is 1.34. The van der Waals surface area contributed by atoms with Gasteiger partial charge in [-0.2, -0.15) is 0 Å². The third-order valence-electron chi connectivity index (χ3n) is 3.91. The molecule has 4 atom stereocenters. The van der Waals surface area contributed by atoms with Gasteiger partial charge in [0.25, 0.3) is 0 Å². The Morgan fingerprint density at radius 2 is 1.76 bits per heavy atom. The largest absolute Gasteiger partial charge is 0.375 e. The van der Waals surface area contributed by atoms with Crippen molar-refractivity contribution in [3.63, 3.8) is 0 Å². The van der Waals surface area contributed by atoms with Crippen LogP contribution in [0, 0.1) is 11.8 Å². The zero-order valence-electron chi connectivity index (χ0n) is 12.1. The van der Waals surface area contributed by atoms with Crippen LogP contribution in [0.5, 0.6) is 0 Å². The van der Waals surface area contributed by atoms with E-state index in [-0.39, 0.29) is 0 Å². The summed E-state index contributed by atoms with van der Waals surface area (Å²) in [7, 11) is 0. The van der Waals surface area contributed by atoms with Crippen LogP contribution >= 0.6 is 0 Å². The summed E-state index contributed by atoms with van der Waals surface area (Å²) in [6, 6.07) is 0.596. The molecule has 0 aliphatic carbocycles. The van der Waals surface area contributed by atoms with Crippen LogP contribution in [-0.4, -0.2) is 37.9 Å². The standard InChI is InChI=1S/C14H30N2O/c1-10(2)16-8-6-7-15-9-14-11(3)12(4)17-13(14)5/h10-16H,6-9H2,1-5H3. The normalized spacial score (nSPS) is 33.5. The Morgan fingerprint density at radius 3 is 2.29 bits per heavy atom. The molecule has 2 N–H and O–H groups in total. The minimum absolute atomic E-state index is 0.404. The molecule has 1 rings (SSSR count). The van der Waals surface area contributed by atoms with E-state index in [0.29, 0.717) is 30.1 Å². The lowest BCUT2D eigenvalue weighted by Gasteiger charge is -2.19. The highest BCUT2D eigenvalue weighted by molar-refractivity contribution is 4.85. The van der Waals surface area contributed by atoms with Gasteiger partial charge in [-0.25, -0.2) is 0 Å². The summed E-state index contributed by atoms with van der Waals surface area (Å²) in [6.07, 6.45) is 2.02. The van der Waals surface area contributed by atoms with Gasteiger partial charge in [-0.05, 0) is 39.3 Å². The van der Waals surface area contributed by atoms with E-state index in [0.717, 1.165) is 19.6 Å². The fourth-order valence-corrected chi connectivity index (χ4v) is 2.56. The van der Waals surface area contributed by atoms with Crippen LogP contribution in [0.3, 0.4) is 0 Å². The fraction of sp³-hybridized carbons (Fsp3) is 1.00. The van der Waals surface area contributed by atoms with Crippen LogP contribution in [0.2, 0.25) is 0 Å². The Labute approximate surface area is 107 Å². The van der Waals surface area contributed by atoms with E-state index < -0.39 is 0 Å². The first-order valence-electron chi connectivity index (χ1n) is 7.12. The highest BCUT2D eigenvalue weighted by Crippen LogP contribution is 2.31. The average Bonchev–Trinajstić information content (AvgIpc) is 2.48. The first kappa shape index (κ1) is 14.9. The third kappa shape index (κ3) is 4.94. The quantitative estimate of drug-likeness (QED) is 0.670. The topological polar surface area (TPSA) is 33.3 Å². The number of hydrogen-bond donors (Lipinski definition) is 2. The first-order chi connectivity index (χ1) is 8.02. The van der Waals surface area contributed by atoms with Crippen molar-refractivity contribution < 1.29 is 4.74 Å². The highest BCUT2D eigenvalue weighted by atomic mass is 16.5. The molecule has 102 valence electrons. The fourth-order valence-electron chi connectivity index (χ4n) is 2.56. The summed E-state index contributed by atoms with van der Waals surface area (Å²) in [6.45, 7) is 14.4. The molecule has 1 saturated heterocycles. The highest BCUT2D eigenvalue weighted by Gasteiger charge is 2.36. The molecule has 1 fully saturated rings. The lowest BCUT2D eigenvalue weighted by molar-refractivity contribution is 0.0511. The second-order valence-corrected chi connectivity index (χ2v) is 5.74. The number of nitrogens with one attached hydrogen (secondary N) is 2. The van der Waals surface area contributed by atoms with E-state index in [9.17, 15) is 0 Å². The number of ether oxygens (including phenoxy) is 1. The number of rotatable bonds is 7. The molecule has 1 aliphatic rings. The summed E-state index contributed by atoms with van der Waals surface area (Å²) in [4.78, 5) is 0. The average molecular weight is 242 g/mol. The lowest BCUT2D eigenvalue weighted by Crippen LogP contribution is -2.33. The molecule has 0 radical (unpaired) electrons. The van der Waals surface area contributed by atoms with Crippen LogP contribution in [0.25, 0.3) is 0 Å². The van der Waals surface area contributed by atoms with Crippen molar-refractivity contribution >= 4 is 0 Å². The van der Waals surface area contributed by atoms with Gasteiger partial charge in [0.15, 0.2) is 0 Å². The SMILES string of the molecule is CC(C)NCCCNCC1C(C)OC(C)C1C. The van der Waals surface area contributed by atoms with E-state index in [4.69, 9.17) is 4.74 Å². The van der Waals surface area contributed by atoms with Crippen molar-refractivity contribution in [2.75, 3.05) is 19.6 Å². The van der Waals surface area contributed by atoms with Gasteiger partial charge in [0.05, 0.1) is 12.2 Å². The molecule has 0 bridgehead atoms. The Kier molecular flexibility index (Phi) is 6.45. The zero-order chi connectivity index (χ0) is 12.8. The third-order valence-corrected chi connectivity index (χ3v) is 3.91. The molecule has 17 heavy (non-hydrogen) atoms. The molecule has 4 unspecified atom stereocenters. The number of hydrogen-bond acceptors (Lipinski definition) is 3. The monoisotopic (exact) mass is 242 g/mol. The summed E-state index contributed by atoms with van der Waals surface area (Å²) < 4.78 is 5.84. The van der Waals surface area contributed by atoms with Crippen LogP contribution in [0.4, 0.5) is 0 Å². The molecule has 0 aromatic heterocycles. The molecule has 0 amide bonds. The molecule has 1 aliphatic heterocycles. The molecule has 0 saturated carbocycles. The van der Waals surface area contributed by atoms with E-state index in [1.54, 1.807) is 0 Å². The van der Waals surface area contributed by atoms with E-state index in [1.165, 1.54) is 6.42 Å². The van der Waals surface area contributed by atoms with Crippen molar-refractivity contribution in [3.8, 4) is 0 Å². The second-order valence-electron chi connectivity index (χ2n) is 5.74. The molecule has 3 heteroatoms. The van der Waals surface area contributed by atoms with Crippen molar-refractivity contribution in [2.45, 2.75) is 59.3 Å². The molecule has 1 heterocycles. The van der Waals surface area contributed by atoms with Gasteiger partial charge in [0.1, 0.15) is 0 Å². The summed E-state index contributed by atoms with van der Waals surface area (Å²) >= 11 is 0. The van der Waals surface area contributed by atoms with Gasteiger partial charge in [0.2, 0.25) is 0 Å². The molecule has 3 nitrogen and oxygen atoms in total. The van der Waals surface area contributed by atoms with Crippen molar-refractivity contribution in [2.24, 2.45) is 11.8 Å². The minimum Gasteiger partial charge on any atom is -0.375 e. The molecule has 0 aromatic carbocycles. The van der Waals surface area contributed by atoms with E-state index in [1.807, 2.05) is 0 Å². The summed E-state index contributed by atoms with van der Waals surface area (Å²) in [5, 5.41) is 7.00. The Morgan fingerprint density at radius 1 is 1.06 bits per heavy atom. The minimum atomic E-state index is 0.404.